The number of ether oxygens (including phenoxy) is 1. The second-order valence-electron chi connectivity index (χ2n) is 5.22. The second-order valence-corrected chi connectivity index (χ2v) is 5.22. The van der Waals surface area contributed by atoms with Crippen LogP contribution in [0.3, 0.4) is 0 Å². The van der Waals surface area contributed by atoms with Crippen LogP contribution in [0.4, 0.5) is 0 Å². The molecule has 0 bridgehead atoms. The van der Waals surface area contributed by atoms with Gasteiger partial charge in [-0.3, -0.25) is 0 Å². The van der Waals surface area contributed by atoms with E-state index in [0.29, 0.717) is 5.92 Å². The van der Waals surface area contributed by atoms with E-state index in [4.69, 9.17) is 4.74 Å². The van der Waals surface area contributed by atoms with Crippen molar-refractivity contribution in [2.45, 2.75) is 52.1 Å². The van der Waals surface area contributed by atoms with Crippen molar-refractivity contribution in [2.75, 3.05) is 6.61 Å². The molecular weight excluding hydrogens is 224 g/mol. The molecule has 1 aliphatic heterocycles. The monoisotopic (exact) mass is 248 g/mol. The molecule has 1 aromatic carbocycles. The van der Waals surface area contributed by atoms with Crippen LogP contribution in [0.5, 0.6) is 5.75 Å². The molecule has 1 aliphatic rings. The summed E-state index contributed by atoms with van der Waals surface area (Å²) < 4.78 is 5.50. The van der Waals surface area contributed by atoms with Crippen molar-refractivity contribution in [1.82, 2.24) is 0 Å². The van der Waals surface area contributed by atoms with E-state index in [-0.39, 0.29) is 6.10 Å². The molecule has 0 radical (unpaired) electrons. The van der Waals surface area contributed by atoms with E-state index in [1.54, 1.807) is 0 Å². The van der Waals surface area contributed by atoms with Crippen LogP contribution in [0.25, 0.3) is 0 Å². The minimum absolute atomic E-state index is 0.162. The molecule has 2 rings (SSSR count). The fourth-order valence-corrected chi connectivity index (χ4v) is 2.78. The summed E-state index contributed by atoms with van der Waals surface area (Å²) in [6.07, 6.45) is 4.82. The van der Waals surface area contributed by atoms with Gasteiger partial charge >= 0.3 is 0 Å². The first-order chi connectivity index (χ1) is 8.74. The third-order valence-electron chi connectivity index (χ3n) is 4.08. The van der Waals surface area contributed by atoms with Crippen molar-refractivity contribution in [1.29, 1.82) is 0 Å². The molecule has 0 saturated heterocycles. The molecule has 0 amide bonds. The number of hydrogen-bond acceptors (Lipinski definition) is 2. The van der Waals surface area contributed by atoms with Crippen LogP contribution in [0.2, 0.25) is 0 Å². The smallest absolute Gasteiger partial charge is 0.122 e. The van der Waals surface area contributed by atoms with E-state index in [9.17, 15) is 5.11 Å². The Morgan fingerprint density at radius 2 is 2.06 bits per heavy atom. The van der Waals surface area contributed by atoms with E-state index in [2.05, 4.69) is 32.0 Å². The summed E-state index contributed by atoms with van der Waals surface area (Å²) >= 11 is 0. The third kappa shape index (κ3) is 3.05. The summed E-state index contributed by atoms with van der Waals surface area (Å²) in [5.41, 5.74) is 2.65. The maximum Gasteiger partial charge on any atom is 0.122 e. The Hall–Kier alpha value is -1.02. The van der Waals surface area contributed by atoms with Gasteiger partial charge in [0, 0.05) is 6.42 Å². The third-order valence-corrected chi connectivity index (χ3v) is 4.08. The summed E-state index contributed by atoms with van der Waals surface area (Å²) in [6, 6.07) is 6.44. The van der Waals surface area contributed by atoms with Crippen LogP contribution in [0, 0.1) is 5.92 Å². The lowest BCUT2D eigenvalue weighted by molar-refractivity contribution is 0.0945. The molecule has 1 unspecified atom stereocenters. The Balaban J connectivity index is 1.90. The van der Waals surface area contributed by atoms with Gasteiger partial charge in [-0.2, -0.15) is 0 Å². The first-order valence-corrected chi connectivity index (χ1v) is 7.17. The summed E-state index contributed by atoms with van der Waals surface area (Å²) in [5, 5.41) is 10.1. The van der Waals surface area contributed by atoms with E-state index in [1.807, 2.05) is 0 Å². The van der Waals surface area contributed by atoms with Crippen LogP contribution in [0.15, 0.2) is 18.2 Å². The van der Waals surface area contributed by atoms with Crippen LogP contribution in [0.1, 0.15) is 44.2 Å². The Bertz CT molecular complexity index is 383. The Kier molecular flexibility index (Phi) is 4.65. The Morgan fingerprint density at radius 3 is 2.78 bits per heavy atom. The fraction of sp³-hybridized carbons (Fsp3) is 0.625. The lowest BCUT2D eigenvalue weighted by Crippen LogP contribution is -2.19. The van der Waals surface area contributed by atoms with Crippen LogP contribution in [-0.4, -0.2) is 17.8 Å². The maximum absolute atomic E-state index is 10.1. The van der Waals surface area contributed by atoms with E-state index in [0.717, 1.165) is 44.5 Å². The number of fused-ring (bicyclic) bond motifs is 1. The number of hydrogen-bond donors (Lipinski definition) is 1. The van der Waals surface area contributed by atoms with Gasteiger partial charge in [-0.1, -0.05) is 38.8 Å². The van der Waals surface area contributed by atoms with Crippen molar-refractivity contribution >= 4 is 0 Å². The van der Waals surface area contributed by atoms with Gasteiger partial charge in [0.25, 0.3) is 0 Å². The molecule has 18 heavy (non-hydrogen) atoms. The fourth-order valence-electron chi connectivity index (χ4n) is 2.78. The number of aliphatic hydroxyl groups excluding tert-OH is 1. The molecule has 0 aliphatic carbocycles. The first-order valence-electron chi connectivity index (χ1n) is 7.17. The van der Waals surface area contributed by atoms with Crippen LogP contribution in [-0.2, 0) is 12.8 Å². The molecule has 100 valence electrons. The largest absolute Gasteiger partial charge is 0.493 e. The van der Waals surface area contributed by atoms with E-state index < -0.39 is 0 Å². The number of benzene rings is 1. The minimum Gasteiger partial charge on any atom is -0.493 e. The molecule has 1 aromatic rings. The average Bonchev–Trinajstić information content (AvgIpc) is 2.85. The van der Waals surface area contributed by atoms with Crippen molar-refractivity contribution in [3.05, 3.63) is 29.3 Å². The molecular formula is C16H24O2. The highest BCUT2D eigenvalue weighted by Crippen LogP contribution is 2.27. The zero-order valence-corrected chi connectivity index (χ0v) is 11.5. The summed E-state index contributed by atoms with van der Waals surface area (Å²) in [5.74, 6) is 1.49. The van der Waals surface area contributed by atoms with Crippen molar-refractivity contribution in [2.24, 2.45) is 5.92 Å². The summed E-state index contributed by atoms with van der Waals surface area (Å²) in [4.78, 5) is 0. The highest BCUT2D eigenvalue weighted by atomic mass is 16.5. The van der Waals surface area contributed by atoms with Crippen molar-refractivity contribution in [3.8, 4) is 5.75 Å². The van der Waals surface area contributed by atoms with Gasteiger partial charge in [-0.25, -0.2) is 0 Å². The lowest BCUT2D eigenvalue weighted by Gasteiger charge is -2.19. The lowest BCUT2D eigenvalue weighted by atomic mass is 9.92. The molecule has 0 spiro atoms. The number of rotatable bonds is 6. The van der Waals surface area contributed by atoms with Gasteiger partial charge in [-0.05, 0) is 36.0 Å². The average molecular weight is 248 g/mol. The van der Waals surface area contributed by atoms with Crippen LogP contribution >= 0.6 is 0 Å². The molecule has 1 atom stereocenters. The summed E-state index contributed by atoms with van der Waals surface area (Å²) in [7, 11) is 0. The van der Waals surface area contributed by atoms with Crippen molar-refractivity contribution < 1.29 is 9.84 Å². The predicted octanol–water partition coefficient (Wildman–Crippen LogP) is 3.35. The molecule has 0 saturated carbocycles. The zero-order chi connectivity index (χ0) is 13.0. The second kappa shape index (κ2) is 6.24. The highest BCUT2D eigenvalue weighted by Gasteiger charge is 2.16. The molecule has 1 heterocycles. The normalized spacial score (nSPS) is 15.6. The standard InChI is InChI=1S/C16H24O2/c1-3-13(4-2)15(17)7-5-12-6-8-16-14(11-12)9-10-18-16/h6,8,11,13,15,17H,3-5,7,9-10H2,1-2H3. The Labute approximate surface area is 110 Å². The Morgan fingerprint density at radius 1 is 1.28 bits per heavy atom. The quantitative estimate of drug-likeness (QED) is 0.836. The van der Waals surface area contributed by atoms with Gasteiger partial charge in [0.05, 0.1) is 12.7 Å². The molecule has 1 N–H and O–H groups in total. The van der Waals surface area contributed by atoms with Crippen LogP contribution < -0.4 is 4.74 Å². The molecule has 0 fully saturated rings. The van der Waals surface area contributed by atoms with Gasteiger partial charge in [0.1, 0.15) is 5.75 Å². The topological polar surface area (TPSA) is 29.5 Å². The van der Waals surface area contributed by atoms with E-state index in [1.165, 1.54) is 11.1 Å². The van der Waals surface area contributed by atoms with E-state index >= 15 is 0 Å². The van der Waals surface area contributed by atoms with Gasteiger partial charge in [-0.15, -0.1) is 0 Å². The first kappa shape index (κ1) is 13.4. The molecule has 2 nitrogen and oxygen atoms in total. The highest BCUT2D eigenvalue weighted by molar-refractivity contribution is 5.39. The number of aliphatic hydroxyl groups is 1. The summed E-state index contributed by atoms with van der Waals surface area (Å²) in [6.45, 7) is 5.13. The molecule has 2 heteroatoms. The van der Waals surface area contributed by atoms with Gasteiger partial charge in [0.2, 0.25) is 0 Å². The van der Waals surface area contributed by atoms with Gasteiger partial charge < -0.3 is 9.84 Å². The predicted molar refractivity (Wildman–Crippen MR) is 74.0 cm³/mol. The zero-order valence-electron chi connectivity index (χ0n) is 11.5. The maximum atomic E-state index is 10.1. The SMILES string of the molecule is CCC(CC)C(O)CCc1ccc2c(c1)CCO2. The molecule has 0 aromatic heterocycles. The van der Waals surface area contributed by atoms with Gasteiger partial charge in [0.15, 0.2) is 0 Å². The van der Waals surface area contributed by atoms with Crippen molar-refractivity contribution in [3.63, 3.8) is 0 Å². The number of aryl methyl sites for hydroxylation is 1. The minimum atomic E-state index is -0.162.